The maximum Gasteiger partial charge on any atom is 0.249 e. The lowest BCUT2D eigenvalue weighted by atomic mass is 10.1. The van der Waals surface area contributed by atoms with Crippen LogP contribution in [0.1, 0.15) is 37.0 Å². The van der Waals surface area contributed by atoms with E-state index in [1.165, 1.54) is 13.8 Å². The van der Waals surface area contributed by atoms with Gasteiger partial charge < -0.3 is 15.0 Å². The minimum Gasteiger partial charge on any atom is -0.368 e. The van der Waals surface area contributed by atoms with Gasteiger partial charge in [0.1, 0.15) is 6.10 Å². The molecule has 1 N–H and O–H groups in total. The zero-order valence-corrected chi connectivity index (χ0v) is 13.5. The number of ether oxygens (including phenoxy) is 1. The van der Waals surface area contributed by atoms with Crippen molar-refractivity contribution < 1.29 is 19.1 Å². The topological polar surface area (TPSA) is 75.7 Å². The van der Waals surface area contributed by atoms with E-state index in [1.807, 2.05) is 0 Å². The molecule has 2 amide bonds. The molecular formula is C17H22N2O4. The third-order valence-electron chi connectivity index (χ3n) is 3.80. The number of anilines is 1. The maximum atomic E-state index is 11.9. The van der Waals surface area contributed by atoms with Gasteiger partial charge in [-0.15, -0.1) is 0 Å². The first kappa shape index (κ1) is 17.1. The van der Waals surface area contributed by atoms with Gasteiger partial charge in [0.2, 0.25) is 11.8 Å². The van der Waals surface area contributed by atoms with E-state index < -0.39 is 0 Å². The van der Waals surface area contributed by atoms with Crippen molar-refractivity contribution in [2.24, 2.45) is 0 Å². The van der Waals surface area contributed by atoms with Gasteiger partial charge in [-0.05, 0) is 31.9 Å². The first-order valence-electron chi connectivity index (χ1n) is 7.77. The number of rotatable bonds is 6. The number of Topliss-reactive ketones (excluding diaryl/α,β-unsaturated/α-hetero) is 1. The van der Waals surface area contributed by atoms with Crippen LogP contribution in [0.3, 0.4) is 0 Å². The highest BCUT2D eigenvalue weighted by Crippen LogP contribution is 2.17. The van der Waals surface area contributed by atoms with E-state index >= 15 is 0 Å². The van der Waals surface area contributed by atoms with E-state index in [4.69, 9.17) is 4.74 Å². The van der Waals surface area contributed by atoms with Crippen LogP contribution in [-0.2, 0) is 14.3 Å². The SMILES string of the molecule is CC(=O)c1cccc(N(CCNC(=O)C2CCCO2)C(C)=O)c1. The number of nitrogens with zero attached hydrogens (tertiary/aromatic N) is 1. The molecule has 1 aliphatic rings. The quantitative estimate of drug-likeness (QED) is 0.807. The van der Waals surface area contributed by atoms with Gasteiger partial charge >= 0.3 is 0 Å². The summed E-state index contributed by atoms with van der Waals surface area (Å²) in [5, 5.41) is 2.79. The van der Waals surface area contributed by atoms with Crippen molar-refractivity contribution in [1.29, 1.82) is 0 Å². The Kier molecular flexibility index (Phi) is 5.87. The monoisotopic (exact) mass is 318 g/mol. The molecule has 1 atom stereocenters. The molecule has 0 saturated carbocycles. The van der Waals surface area contributed by atoms with Crippen LogP contribution in [0.5, 0.6) is 0 Å². The largest absolute Gasteiger partial charge is 0.368 e. The lowest BCUT2D eigenvalue weighted by Crippen LogP contribution is -2.41. The van der Waals surface area contributed by atoms with E-state index in [0.717, 1.165) is 12.8 Å². The summed E-state index contributed by atoms with van der Waals surface area (Å²) in [6.45, 7) is 4.24. The molecule has 0 aliphatic carbocycles. The molecule has 0 aromatic heterocycles. The summed E-state index contributed by atoms with van der Waals surface area (Å²) in [5.41, 5.74) is 1.20. The molecule has 1 fully saturated rings. The zero-order valence-electron chi connectivity index (χ0n) is 13.5. The number of nitrogens with one attached hydrogen (secondary N) is 1. The Morgan fingerprint density at radius 3 is 2.70 bits per heavy atom. The molecule has 0 radical (unpaired) electrons. The summed E-state index contributed by atoms with van der Waals surface area (Å²) >= 11 is 0. The molecular weight excluding hydrogens is 296 g/mol. The number of ketones is 1. The Balaban J connectivity index is 1.96. The summed E-state index contributed by atoms with van der Waals surface area (Å²) in [5.74, 6) is -0.331. The number of carbonyl (C=O) groups is 3. The predicted octanol–water partition coefficient (Wildman–Crippen LogP) is 1.54. The Morgan fingerprint density at radius 2 is 2.09 bits per heavy atom. The smallest absolute Gasteiger partial charge is 0.249 e. The van der Waals surface area contributed by atoms with Crippen molar-refractivity contribution in [3.8, 4) is 0 Å². The molecule has 1 unspecified atom stereocenters. The first-order chi connectivity index (χ1) is 11.0. The van der Waals surface area contributed by atoms with Gasteiger partial charge in [0, 0.05) is 37.9 Å². The van der Waals surface area contributed by atoms with Crippen molar-refractivity contribution >= 4 is 23.3 Å². The van der Waals surface area contributed by atoms with Crippen molar-refractivity contribution in [2.45, 2.75) is 32.8 Å². The van der Waals surface area contributed by atoms with E-state index in [9.17, 15) is 14.4 Å². The fourth-order valence-corrected chi connectivity index (χ4v) is 2.55. The Labute approximate surface area is 135 Å². The Morgan fingerprint density at radius 1 is 1.30 bits per heavy atom. The van der Waals surface area contributed by atoms with Crippen LogP contribution in [0.2, 0.25) is 0 Å². The summed E-state index contributed by atoms with van der Waals surface area (Å²) < 4.78 is 5.32. The van der Waals surface area contributed by atoms with Gasteiger partial charge in [-0.3, -0.25) is 14.4 Å². The summed E-state index contributed by atoms with van der Waals surface area (Å²) in [7, 11) is 0. The van der Waals surface area contributed by atoms with Crippen LogP contribution < -0.4 is 10.2 Å². The lowest BCUT2D eigenvalue weighted by molar-refractivity contribution is -0.130. The second-order valence-corrected chi connectivity index (χ2v) is 5.57. The van der Waals surface area contributed by atoms with Crippen molar-refractivity contribution in [1.82, 2.24) is 5.32 Å². The molecule has 6 heteroatoms. The molecule has 0 bridgehead atoms. The van der Waals surface area contributed by atoms with Crippen LogP contribution in [0.15, 0.2) is 24.3 Å². The van der Waals surface area contributed by atoms with E-state index in [-0.39, 0.29) is 23.7 Å². The molecule has 1 aromatic rings. The van der Waals surface area contributed by atoms with Gasteiger partial charge in [0.15, 0.2) is 5.78 Å². The average molecular weight is 318 g/mol. The molecule has 23 heavy (non-hydrogen) atoms. The third-order valence-corrected chi connectivity index (χ3v) is 3.80. The average Bonchev–Trinajstić information content (AvgIpc) is 3.05. The summed E-state index contributed by atoms with van der Waals surface area (Å²) in [6.07, 6.45) is 1.26. The van der Waals surface area contributed by atoms with Gasteiger partial charge in [-0.1, -0.05) is 12.1 Å². The van der Waals surface area contributed by atoms with Gasteiger partial charge in [-0.2, -0.15) is 0 Å². The second kappa shape index (κ2) is 7.87. The molecule has 1 saturated heterocycles. The highest BCUT2D eigenvalue weighted by atomic mass is 16.5. The maximum absolute atomic E-state index is 11.9. The number of benzene rings is 1. The van der Waals surface area contributed by atoms with Crippen LogP contribution in [-0.4, -0.2) is 43.4 Å². The number of carbonyl (C=O) groups excluding carboxylic acids is 3. The predicted molar refractivity (Wildman–Crippen MR) is 86.5 cm³/mol. The molecule has 0 spiro atoms. The van der Waals surface area contributed by atoms with Crippen molar-refractivity contribution in [2.75, 3.05) is 24.6 Å². The minimum atomic E-state index is -0.373. The van der Waals surface area contributed by atoms with Crippen LogP contribution >= 0.6 is 0 Å². The second-order valence-electron chi connectivity index (χ2n) is 5.57. The highest BCUT2D eigenvalue weighted by molar-refractivity contribution is 5.97. The van der Waals surface area contributed by atoms with E-state index in [0.29, 0.717) is 30.9 Å². The number of hydrogen-bond acceptors (Lipinski definition) is 4. The minimum absolute atomic E-state index is 0.0537. The lowest BCUT2D eigenvalue weighted by Gasteiger charge is -2.22. The normalized spacial score (nSPS) is 16.9. The zero-order chi connectivity index (χ0) is 16.8. The fraction of sp³-hybridized carbons (Fsp3) is 0.471. The van der Waals surface area contributed by atoms with Gasteiger partial charge in [0.05, 0.1) is 0 Å². The van der Waals surface area contributed by atoms with Crippen LogP contribution in [0, 0.1) is 0 Å². The van der Waals surface area contributed by atoms with Gasteiger partial charge in [-0.25, -0.2) is 0 Å². The molecule has 124 valence electrons. The molecule has 2 rings (SSSR count). The molecule has 6 nitrogen and oxygen atoms in total. The molecule has 1 aliphatic heterocycles. The number of amides is 2. The summed E-state index contributed by atoms with van der Waals surface area (Å²) in [4.78, 5) is 36.8. The van der Waals surface area contributed by atoms with Crippen LogP contribution in [0.4, 0.5) is 5.69 Å². The third kappa shape index (κ3) is 4.63. The summed E-state index contributed by atoms with van der Waals surface area (Å²) in [6, 6.07) is 6.91. The fourth-order valence-electron chi connectivity index (χ4n) is 2.55. The Hall–Kier alpha value is -2.21. The van der Waals surface area contributed by atoms with E-state index in [1.54, 1.807) is 29.2 Å². The molecule has 1 aromatic carbocycles. The van der Waals surface area contributed by atoms with Crippen LogP contribution in [0.25, 0.3) is 0 Å². The molecule has 1 heterocycles. The Bertz CT molecular complexity index is 594. The van der Waals surface area contributed by atoms with Crippen molar-refractivity contribution in [3.05, 3.63) is 29.8 Å². The number of hydrogen-bond donors (Lipinski definition) is 1. The standard InChI is InChI=1S/C17H22N2O4/c1-12(20)14-5-3-6-15(11-14)19(13(2)21)9-8-18-17(22)16-7-4-10-23-16/h3,5-6,11,16H,4,7-10H2,1-2H3,(H,18,22). The first-order valence-corrected chi connectivity index (χ1v) is 7.77. The highest BCUT2D eigenvalue weighted by Gasteiger charge is 2.23. The van der Waals surface area contributed by atoms with E-state index in [2.05, 4.69) is 5.32 Å². The van der Waals surface area contributed by atoms with Gasteiger partial charge in [0.25, 0.3) is 0 Å². The van der Waals surface area contributed by atoms with Crippen molar-refractivity contribution in [3.63, 3.8) is 0 Å².